The maximum absolute atomic E-state index is 11.7. The molecular weight excluding hydrogens is 478 g/mol. The van der Waals surface area contributed by atoms with Crippen LogP contribution in [0.3, 0.4) is 0 Å². The van der Waals surface area contributed by atoms with Crippen LogP contribution in [0.2, 0.25) is 0 Å². The number of carbonyl (C=O) groups excluding carboxylic acids is 2. The Labute approximate surface area is 225 Å². The Morgan fingerprint density at radius 3 is 2.00 bits per heavy atom. The highest BCUT2D eigenvalue weighted by atomic mass is 16.7. The summed E-state index contributed by atoms with van der Waals surface area (Å²) in [5.74, 6) is -1.43. The molecule has 2 aromatic rings. The fraction of sp³-hybridized carbons (Fsp3) is 0.452. The Morgan fingerprint density at radius 1 is 0.895 bits per heavy atom. The van der Waals surface area contributed by atoms with Crippen LogP contribution in [-0.4, -0.2) is 23.4 Å². The van der Waals surface area contributed by atoms with Gasteiger partial charge in [-0.3, -0.25) is 0 Å². The smallest absolute Gasteiger partial charge is 0.319 e. The fourth-order valence-corrected chi connectivity index (χ4v) is 5.25. The number of nitrogens with zero attached hydrogens (tertiary/aromatic N) is 3. The molecule has 0 heterocycles. The van der Waals surface area contributed by atoms with Gasteiger partial charge in [0.25, 0.3) is 0 Å². The van der Waals surface area contributed by atoms with Crippen molar-refractivity contribution < 1.29 is 19.3 Å². The van der Waals surface area contributed by atoms with E-state index in [-0.39, 0.29) is 11.3 Å². The molecule has 0 N–H and O–H groups in total. The zero-order valence-corrected chi connectivity index (χ0v) is 23.3. The lowest BCUT2D eigenvalue weighted by Gasteiger charge is -2.33. The third kappa shape index (κ3) is 6.02. The van der Waals surface area contributed by atoms with Crippen molar-refractivity contribution in [1.29, 1.82) is 5.26 Å². The van der Waals surface area contributed by atoms with Gasteiger partial charge in [-0.2, -0.15) is 5.26 Å². The largest absolute Gasteiger partial charge is 0.331 e. The molecule has 1 unspecified atom stereocenters. The molecule has 1 atom stereocenters. The summed E-state index contributed by atoms with van der Waals surface area (Å²) in [6.45, 7) is 10.6. The monoisotopic (exact) mass is 515 g/mol. The molecule has 1 aliphatic rings. The van der Waals surface area contributed by atoms with Crippen LogP contribution in [0.5, 0.6) is 0 Å². The number of rotatable bonds is 11. The van der Waals surface area contributed by atoms with Gasteiger partial charge in [-0.15, -0.1) is 0 Å². The molecule has 0 radical (unpaired) electrons. The van der Waals surface area contributed by atoms with E-state index in [9.17, 15) is 14.9 Å². The Balaban J connectivity index is 2.23. The standard InChI is InChI=1S/C31H37N3O4/c1-7-9-15-31(16-10-8-2)28-17-24(19-32)11-13-26(28)27-14-12-25(18-29(27)31)30(34-38-23(6)36)20(3)21(4)33-37-22(5)35/h11-14,17-18,20H,7-10,15-16H2,1-6H3/b33-21+,34-30-. The van der Waals surface area contributed by atoms with Crippen molar-refractivity contribution in [3.8, 4) is 17.2 Å². The first-order valence-electron chi connectivity index (χ1n) is 13.4. The summed E-state index contributed by atoms with van der Waals surface area (Å²) in [5, 5.41) is 17.8. The number of carbonyl (C=O) groups is 2. The van der Waals surface area contributed by atoms with E-state index in [2.05, 4.69) is 54.5 Å². The van der Waals surface area contributed by atoms with Crippen LogP contribution < -0.4 is 0 Å². The molecule has 38 heavy (non-hydrogen) atoms. The second-order valence-electron chi connectivity index (χ2n) is 10.0. The molecule has 0 bridgehead atoms. The van der Waals surface area contributed by atoms with Crippen LogP contribution in [-0.2, 0) is 24.7 Å². The van der Waals surface area contributed by atoms with Crippen LogP contribution in [0.25, 0.3) is 11.1 Å². The summed E-state index contributed by atoms with van der Waals surface area (Å²) in [4.78, 5) is 32.9. The average molecular weight is 516 g/mol. The molecule has 0 aliphatic heterocycles. The summed E-state index contributed by atoms with van der Waals surface area (Å²) in [7, 11) is 0. The first-order chi connectivity index (χ1) is 18.2. The van der Waals surface area contributed by atoms with Gasteiger partial charge in [-0.05, 0) is 60.2 Å². The highest BCUT2D eigenvalue weighted by Crippen LogP contribution is 2.54. The predicted molar refractivity (Wildman–Crippen MR) is 149 cm³/mol. The molecular formula is C31H37N3O4. The molecule has 7 nitrogen and oxygen atoms in total. The minimum absolute atomic E-state index is 0.226. The van der Waals surface area contributed by atoms with Gasteiger partial charge in [0.1, 0.15) is 0 Å². The molecule has 0 spiro atoms. The lowest BCUT2D eigenvalue weighted by molar-refractivity contribution is -0.141. The van der Waals surface area contributed by atoms with Crippen molar-refractivity contribution in [2.75, 3.05) is 0 Å². The van der Waals surface area contributed by atoms with Crippen LogP contribution >= 0.6 is 0 Å². The number of fused-ring (bicyclic) bond motifs is 3. The molecule has 3 rings (SSSR count). The van der Waals surface area contributed by atoms with Gasteiger partial charge in [-0.1, -0.05) is 75.0 Å². The zero-order valence-electron chi connectivity index (χ0n) is 23.3. The third-order valence-corrected chi connectivity index (χ3v) is 7.33. The SMILES string of the molecule is CCCCC1(CCCC)c2cc(C#N)ccc2-c2ccc(/C(=N\OC(C)=O)C(C)/C(C)=N/OC(C)=O)cc21. The van der Waals surface area contributed by atoms with Crippen LogP contribution in [0.15, 0.2) is 46.7 Å². The van der Waals surface area contributed by atoms with Gasteiger partial charge in [0, 0.05) is 30.7 Å². The number of benzene rings is 2. The molecule has 7 heteroatoms. The zero-order chi connectivity index (χ0) is 27.9. The van der Waals surface area contributed by atoms with Crippen molar-refractivity contribution in [1.82, 2.24) is 0 Å². The Morgan fingerprint density at radius 2 is 1.45 bits per heavy atom. The van der Waals surface area contributed by atoms with Gasteiger partial charge in [0.05, 0.1) is 23.1 Å². The first-order valence-corrected chi connectivity index (χ1v) is 13.4. The lowest BCUT2D eigenvalue weighted by atomic mass is 9.70. The average Bonchev–Trinajstić information content (AvgIpc) is 3.17. The molecule has 2 aromatic carbocycles. The van der Waals surface area contributed by atoms with Gasteiger partial charge in [0.2, 0.25) is 0 Å². The van der Waals surface area contributed by atoms with E-state index in [1.54, 1.807) is 6.92 Å². The number of nitriles is 1. The Hall–Kier alpha value is -3.79. The maximum atomic E-state index is 11.7. The van der Waals surface area contributed by atoms with Gasteiger partial charge in [0.15, 0.2) is 0 Å². The van der Waals surface area contributed by atoms with E-state index in [1.165, 1.54) is 25.0 Å². The molecule has 0 amide bonds. The van der Waals surface area contributed by atoms with E-state index in [4.69, 9.17) is 9.68 Å². The normalized spacial score (nSPS) is 14.8. The Kier molecular flexibility index (Phi) is 9.57. The molecule has 200 valence electrons. The molecule has 0 fully saturated rings. The van der Waals surface area contributed by atoms with E-state index >= 15 is 0 Å². The first kappa shape index (κ1) is 28.8. The fourth-order valence-electron chi connectivity index (χ4n) is 5.25. The van der Waals surface area contributed by atoms with Gasteiger partial charge >= 0.3 is 11.9 Å². The maximum Gasteiger partial charge on any atom is 0.331 e. The van der Waals surface area contributed by atoms with E-state index in [0.717, 1.165) is 55.2 Å². The third-order valence-electron chi connectivity index (χ3n) is 7.33. The van der Waals surface area contributed by atoms with Crippen LogP contribution in [0, 0.1) is 17.2 Å². The van der Waals surface area contributed by atoms with E-state index in [0.29, 0.717) is 17.0 Å². The van der Waals surface area contributed by atoms with Gasteiger partial charge < -0.3 is 9.68 Å². The van der Waals surface area contributed by atoms with Crippen LogP contribution in [0.1, 0.15) is 102 Å². The topological polar surface area (TPSA) is 101 Å². The van der Waals surface area contributed by atoms with Crippen molar-refractivity contribution >= 4 is 23.4 Å². The second kappa shape index (κ2) is 12.6. The van der Waals surface area contributed by atoms with E-state index < -0.39 is 11.9 Å². The number of hydrogen-bond donors (Lipinski definition) is 0. The number of unbranched alkanes of at least 4 members (excludes halogenated alkanes) is 2. The summed E-state index contributed by atoms with van der Waals surface area (Å²) < 4.78 is 0. The van der Waals surface area contributed by atoms with Crippen molar-refractivity contribution in [3.05, 3.63) is 58.7 Å². The summed E-state index contributed by atoms with van der Waals surface area (Å²) in [5.41, 5.74) is 7.03. The number of oxime groups is 2. The molecule has 0 saturated carbocycles. The lowest BCUT2D eigenvalue weighted by Crippen LogP contribution is -2.27. The van der Waals surface area contributed by atoms with Crippen molar-refractivity contribution in [2.45, 2.75) is 85.5 Å². The number of hydrogen-bond acceptors (Lipinski definition) is 7. The molecule has 0 saturated heterocycles. The van der Waals surface area contributed by atoms with Crippen molar-refractivity contribution in [2.24, 2.45) is 16.2 Å². The Bertz CT molecular complexity index is 1290. The quantitative estimate of drug-likeness (QED) is 0.181. The molecule has 0 aromatic heterocycles. The molecule has 1 aliphatic carbocycles. The highest BCUT2D eigenvalue weighted by molar-refractivity contribution is 6.14. The van der Waals surface area contributed by atoms with E-state index in [1.807, 2.05) is 19.1 Å². The summed E-state index contributed by atoms with van der Waals surface area (Å²) in [6, 6.07) is 14.6. The minimum atomic E-state index is -0.526. The second-order valence-corrected chi connectivity index (χ2v) is 10.0. The summed E-state index contributed by atoms with van der Waals surface area (Å²) in [6.07, 6.45) is 6.20. The summed E-state index contributed by atoms with van der Waals surface area (Å²) >= 11 is 0. The highest BCUT2D eigenvalue weighted by Gasteiger charge is 2.42. The van der Waals surface area contributed by atoms with Gasteiger partial charge in [-0.25, -0.2) is 9.59 Å². The predicted octanol–water partition coefficient (Wildman–Crippen LogP) is 7.05. The van der Waals surface area contributed by atoms with Crippen LogP contribution in [0.4, 0.5) is 0 Å². The minimum Gasteiger partial charge on any atom is -0.319 e. The van der Waals surface area contributed by atoms with Crippen molar-refractivity contribution in [3.63, 3.8) is 0 Å².